The van der Waals surface area contributed by atoms with Crippen LogP contribution in [-0.4, -0.2) is 10.9 Å². The molecule has 2 nitrogen and oxygen atoms in total. The van der Waals surface area contributed by atoms with Crippen LogP contribution in [0.3, 0.4) is 0 Å². The van der Waals surface area contributed by atoms with Gasteiger partial charge in [-0.15, -0.1) is 0 Å². The van der Waals surface area contributed by atoms with Crippen LogP contribution in [0.4, 0.5) is 0 Å². The van der Waals surface area contributed by atoms with Gasteiger partial charge in [-0.2, -0.15) is 0 Å². The first kappa shape index (κ1) is 12.4. The third-order valence-corrected chi connectivity index (χ3v) is 3.43. The average molecular weight is 261 g/mol. The molecular weight excluding hydrogens is 246 g/mol. The SMILES string of the molecule is Cn1cc(/C=C/c2cccc(C=O)c2)c2ccccc21. The van der Waals surface area contributed by atoms with E-state index in [9.17, 15) is 4.79 Å². The Morgan fingerprint density at radius 2 is 1.75 bits per heavy atom. The molecule has 0 amide bonds. The molecule has 0 aliphatic rings. The van der Waals surface area contributed by atoms with Gasteiger partial charge in [0, 0.05) is 29.7 Å². The molecule has 3 aromatic rings. The first-order valence-electron chi connectivity index (χ1n) is 6.55. The van der Waals surface area contributed by atoms with Gasteiger partial charge in [0.25, 0.3) is 0 Å². The van der Waals surface area contributed by atoms with Gasteiger partial charge >= 0.3 is 0 Å². The molecule has 0 atom stereocenters. The summed E-state index contributed by atoms with van der Waals surface area (Å²) in [6, 6.07) is 15.9. The van der Waals surface area contributed by atoms with E-state index in [-0.39, 0.29) is 0 Å². The normalized spacial score (nSPS) is 11.2. The molecule has 20 heavy (non-hydrogen) atoms. The number of hydrogen-bond donors (Lipinski definition) is 0. The highest BCUT2D eigenvalue weighted by molar-refractivity contribution is 5.92. The summed E-state index contributed by atoms with van der Waals surface area (Å²) in [6.07, 6.45) is 7.11. The molecule has 0 aliphatic heterocycles. The van der Waals surface area contributed by atoms with E-state index in [1.54, 1.807) is 0 Å². The summed E-state index contributed by atoms with van der Waals surface area (Å²) >= 11 is 0. The van der Waals surface area contributed by atoms with E-state index in [4.69, 9.17) is 0 Å². The van der Waals surface area contributed by atoms with Gasteiger partial charge in [0.1, 0.15) is 6.29 Å². The Morgan fingerprint density at radius 3 is 2.60 bits per heavy atom. The predicted molar refractivity (Wildman–Crippen MR) is 83.7 cm³/mol. The summed E-state index contributed by atoms with van der Waals surface area (Å²) in [7, 11) is 2.05. The van der Waals surface area contributed by atoms with Gasteiger partial charge in [-0.05, 0) is 23.3 Å². The van der Waals surface area contributed by atoms with E-state index in [2.05, 4.69) is 29.0 Å². The van der Waals surface area contributed by atoms with Crippen LogP contribution in [0.25, 0.3) is 23.1 Å². The maximum atomic E-state index is 10.8. The van der Waals surface area contributed by atoms with Gasteiger partial charge < -0.3 is 4.57 Å². The van der Waals surface area contributed by atoms with Crippen molar-refractivity contribution in [1.82, 2.24) is 4.57 Å². The minimum Gasteiger partial charge on any atom is -0.350 e. The number of aldehydes is 1. The van der Waals surface area contributed by atoms with Gasteiger partial charge in [-0.3, -0.25) is 4.79 Å². The molecule has 0 radical (unpaired) electrons. The number of carbonyl (C=O) groups is 1. The smallest absolute Gasteiger partial charge is 0.150 e. The number of benzene rings is 2. The number of fused-ring (bicyclic) bond motifs is 1. The van der Waals surface area contributed by atoms with Crippen molar-refractivity contribution in [2.24, 2.45) is 7.05 Å². The molecule has 2 heteroatoms. The van der Waals surface area contributed by atoms with E-state index in [1.165, 1.54) is 16.5 Å². The molecule has 1 aromatic heterocycles. The van der Waals surface area contributed by atoms with Crippen molar-refractivity contribution >= 4 is 29.3 Å². The van der Waals surface area contributed by atoms with Crippen molar-refractivity contribution in [1.29, 1.82) is 0 Å². The fourth-order valence-corrected chi connectivity index (χ4v) is 2.43. The Bertz CT molecular complexity index is 796. The van der Waals surface area contributed by atoms with Crippen LogP contribution in [0, 0.1) is 0 Å². The molecule has 0 bridgehead atoms. The summed E-state index contributed by atoms with van der Waals surface area (Å²) in [4.78, 5) is 10.8. The quantitative estimate of drug-likeness (QED) is 0.649. The number of aromatic nitrogens is 1. The molecule has 0 saturated carbocycles. The zero-order valence-corrected chi connectivity index (χ0v) is 11.3. The summed E-state index contributed by atoms with van der Waals surface area (Å²) in [5.74, 6) is 0. The summed E-state index contributed by atoms with van der Waals surface area (Å²) < 4.78 is 2.12. The summed E-state index contributed by atoms with van der Waals surface area (Å²) in [5.41, 5.74) is 4.13. The lowest BCUT2D eigenvalue weighted by molar-refractivity contribution is 0.112. The largest absolute Gasteiger partial charge is 0.350 e. The number of para-hydroxylation sites is 1. The number of aryl methyl sites for hydroxylation is 1. The Kier molecular flexibility index (Phi) is 3.21. The molecule has 1 heterocycles. The van der Waals surface area contributed by atoms with Gasteiger partial charge in [-0.25, -0.2) is 0 Å². The monoisotopic (exact) mass is 261 g/mol. The maximum Gasteiger partial charge on any atom is 0.150 e. The predicted octanol–water partition coefficient (Wildman–Crippen LogP) is 4.16. The van der Waals surface area contributed by atoms with Crippen LogP contribution in [-0.2, 0) is 7.05 Å². The Morgan fingerprint density at radius 1 is 0.950 bits per heavy atom. The molecule has 0 spiro atoms. The minimum atomic E-state index is 0.699. The first-order valence-corrected chi connectivity index (χ1v) is 6.55. The molecule has 0 fully saturated rings. The Labute approximate surface area is 118 Å². The minimum absolute atomic E-state index is 0.699. The second-order valence-corrected chi connectivity index (χ2v) is 4.83. The Balaban J connectivity index is 2.00. The first-order chi connectivity index (χ1) is 9.78. The van der Waals surface area contributed by atoms with Gasteiger partial charge in [0.05, 0.1) is 0 Å². The van der Waals surface area contributed by atoms with Crippen LogP contribution in [0.15, 0.2) is 54.7 Å². The number of rotatable bonds is 3. The van der Waals surface area contributed by atoms with E-state index in [0.29, 0.717) is 5.56 Å². The van der Waals surface area contributed by atoms with Crippen molar-refractivity contribution in [3.8, 4) is 0 Å². The molecule has 2 aromatic carbocycles. The standard InChI is InChI=1S/C18H15NO/c1-19-12-16(17-7-2-3-8-18(17)19)10-9-14-5-4-6-15(11-14)13-20/h2-13H,1H3/b10-9+. The third kappa shape index (κ3) is 2.28. The van der Waals surface area contributed by atoms with Crippen molar-refractivity contribution in [2.45, 2.75) is 0 Å². The van der Waals surface area contributed by atoms with Gasteiger partial charge in [0.2, 0.25) is 0 Å². The second-order valence-electron chi connectivity index (χ2n) is 4.83. The lowest BCUT2D eigenvalue weighted by atomic mass is 10.1. The number of nitrogens with zero attached hydrogens (tertiary/aromatic N) is 1. The Hall–Kier alpha value is -2.61. The highest BCUT2D eigenvalue weighted by atomic mass is 16.1. The van der Waals surface area contributed by atoms with E-state index in [0.717, 1.165) is 11.8 Å². The van der Waals surface area contributed by atoms with E-state index >= 15 is 0 Å². The van der Waals surface area contributed by atoms with Gasteiger partial charge in [-0.1, -0.05) is 48.6 Å². The summed E-state index contributed by atoms with van der Waals surface area (Å²) in [6.45, 7) is 0. The summed E-state index contributed by atoms with van der Waals surface area (Å²) in [5, 5.41) is 1.23. The van der Waals surface area contributed by atoms with Crippen LogP contribution in [0.2, 0.25) is 0 Å². The van der Waals surface area contributed by atoms with E-state index < -0.39 is 0 Å². The van der Waals surface area contributed by atoms with Crippen molar-refractivity contribution < 1.29 is 4.79 Å². The topological polar surface area (TPSA) is 22.0 Å². The van der Waals surface area contributed by atoms with E-state index in [1.807, 2.05) is 49.5 Å². The number of carbonyl (C=O) groups excluding carboxylic acids is 1. The highest BCUT2D eigenvalue weighted by Gasteiger charge is 2.02. The zero-order chi connectivity index (χ0) is 13.9. The third-order valence-electron chi connectivity index (χ3n) is 3.43. The maximum absolute atomic E-state index is 10.8. The van der Waals surface area contributed by atoms with Gasteiger partial charge in [0.15, 0.2) is 0 Å². The fraction of sp³-hybridized carbons (Fsp3) is 0.0556. The molecule has 0 N–H and O–H groups in total. The molecule has 0 saturated heterocycles. The van der Waals surface area contributed by atoms with Crippen molar-refractivity contribution in [3.05, 3.63) is 71.4 Å². The van der Waals surface area contributed by atoms with Crippen LogP contribution >= 0.6 is 0 Å². The average Bonchev–Trinajstić information content (AvgIpc) is 2.82. The molecule has 0 unspecified atom stereocenters. The molecule has 0 aliphatic carbocycles. The van der Waals surface area contributed by atoms with Crippen LogP contribution < -0.4 is 0 Å². The fourth-order valence-electron chi connectivity index (χ4n) is 2.43. The van der Waals surface area contributed by atoms with Crippen LogP contribution in [0.5, 0.6) is 0 Å². The van der Waals surface area contributed by atoms with Crippen molar-refractivity contribution in [3.63, 3.8) is 0 Å². The van der Waals surface area contributed by atoms with Crippen molar-refractivity contribution in [2.75, 3.05) is 0 Å². The zero-order valence-electron chi connectivity index (χ0n) is 11.3. The lowest BCUT2D eigenvalue weighted by Crippen LogP contribution is -1.81. The highest BCUT2D eigenvalue weighted by Crippen LogP contribution is 2.22. The molecule has 3 rings (SSSR count). The number of hydrogen-bond acceptors (Lipinski definition) is 1. The van der Waals surface area contributed by atoms with Crippen LogP contribution in [0.1, 0.15) is 21.5 Å². The second kappa shape index (κ2) is 5.17. The lowest BCUT2D eigenvalue weighted by Gasteiger charge is -1.95. The molecular formula is C18H15NO. The molecule has 98 valence electrons.